The van der Waals surface area contributed by atoms with Gasteiger partial charge < -0.3 is 10.6 Å². The number of rotatable bonds is 8. The molecular weight excluding hydrogens is 276 g/mol. The molecule has 0 aromatic heterocycles. The zero-order chi connectivity index (χ0) is 15.0. The van der Waals surface area contributed by atoms with Crippen LogP contribution in [0.25, 0.3) is 0 Å². The van der Waals surface area contributed by atoms with Crippen LogP contribution in [0.5, 0.6) is 0 Å². The summed E-state index contributed by atoms with van der Waals surface area (Å²) in [5.74, 6) is -0.295. The van der Waals surface area contributed by atoms with Gasteiger partial charge in [0.2, 0.25) is 5.91 Å². The molecule has 0 aliphatic heterocycles. The lowest BCUT2D eigenvalue weighted by Gasteiger charge is -2.16. The Morgan fingerprint density at radius 2 is 1.90 bits per heavy atom. The van der Waals surface area contributed by atoms with Gasteiger partial charge in [0.15, 0.2) is 9.84 Å². The van der Waals surface area contributed by atoms with Gasteiger partial charge in [-0.15, -0.1) is 0 Å². The van der Waals surface area contributed by atoms with Gasteiger partial charge in [0.05, 0.1) is 11.5 Å². The first-order chi connectivity index (χ1) is 9.44. The van der Waals surface area contributed by atoms with E-state index < -0.39 is 9.84 Å². The molecule has 1 amide bonds. The first-order valence-electron chi connectivity index (χ1n) is 6.63. The van der Waals surface area contributed by atoms with E-state index >= 15 is 0 Å². The molecule has 0 aliphatic rings. The molecule has 0 unspecified atom stereocenters. The number of nitrogens with zero attached hydrogens (tertiary/aromatic N) is 1. The third-order valence-electron chi connectivity index (χ3n) is 2.98. The molecule has 0 fully saturated rings. The smallest absolute Gasteiger partial charge is 0.223 e. The van der Waals surface area contributed by atoms with Gasteiger partial charge in [0, 0.05) is 20.0 Å². The summed E-state index contributed by atoms with van der Waals surface area (Å²) in [4.78, 5) is 13.3. The van der Waals surface area contributed by atoms with Crippen LogP contribution in [0.3, 0.4) is 0 Å². The molecule has 0 bridgehead atoms. The normalized spacial score (nSPS) is 11.3. The lowest BCUT2D eigenvalue weighted by Crippen LogP contribution is -2.30. The SMILES string of the molecule is CN(CCCN)C(=O)CCS(=O)(=O)Cc1ccccc1. The van der Waals surface area contributed by atoms with E-state index in [-0.39, 0.29) is 23.8 Å². The second kappa shape index (κ2) is 8.01. The number of sulfone groups is 1. The molecule has 0 aliphatic carbocycles. The maximum Gasteiger partial charge on any atom is 0.223 e. The highest BCUT2D eigenvalue weighted by molar-refractivity contribution is 7.90. The Balaban J connectivity index is 2.45. The number of hydrogen-bond donors (Lipinski definition) is 1. The van der Waals surface area contributed by atoms with E-state index in [0.717, 1.165) is 12.0 Å². The summed E-state index contributed by atoms with van der Waals surface area (Å²) < 4.78 is 23.9. The van der Waals surface area contributed by atoms with E-state index in [9.17, 15) is 13.2 Å². The Hall–Kier alpha value is -1.40. The molecule has 1 aromatic carbocycles. The van der Waals surface area contributed by atoms with E-state index in [0.29, 0.717) is 13.1 Å². The fourth-order valence-corrected chi connectivity index (χ4v) is 3.12. The van der Waals surface area contributed by atoms with Crippen LogP contribution in [0, 0.1) is 0 Å². The number of hydrogen-bond acceptors (Lipinski definition) is 4. The molecule has 112 valence electrons. The number of amides is 1. The van der Waals surface area contributed by atoms with E-state index in [2.05, 4.69) is 0 Å². The van der Waals surface area contributed by atoms with Crippen molar-refractivity contribution >= 4 is 15.7 Å². The maximum atomic E-state index is 12.0. The predicted octanol–water partition coefficient (Wildman–Crippen LogP) is 0.799. The summed E-state index contributed by atoms with van der Waals surface area (Å²) in [6.45, 7) is 1.08. The topological polar surface area (TPSA) is 80.5 Å². The summed E-state index contributed by atoms with van der Waals surface area (Å²) in [7, 11) is -1.59. The lowest BCUT2D eigenvalue weighted by molar-refractivity contribution is -0.129. The number of carbonyl (C=O) groups excluding carboxylic acids is 1. The fraction of sp³-hybridized carbons (Fsp3) is 0.500. The molecule has 20 heavy (non-hydrogen) atoms. The monoisotopic (exact) mass is 298 g/mol. The Morgan fingerprint density at radius 1 is 1.25 bits per heavy atom. The first kappa shape index (κ1) is 16.7. The van der Waals surface area contributed by atoms with Crippen molar-refractivity contribution in [1.29, 1.82) is 0 Å². The minimum atomic E-state index is -3.26. The van der Waals surface area contributed by atoms with Gasteiger partial charge in [-0.2, -0.15) is 0 Å². The molecular formula is C14H22N2O3S. The van der Waals surface area contributed by atoms with E-state index in [1.54, 1.807) is 31.3 Å². The highest BCUT2D eigenvalue weighted by Crippen LogP contribution is 2.08. The third kappa shape index (κ3) is 6.16. The molecule has 0 saturated heterocycles. The minimum absolute atomic E-state index is 0.0202. The van der Waals surface area contributed by atoms with E-state index in [4.69, 9.17) is 5.73 Å². The average molecular weight is 298 g/mol. The Labute approximate surface area is 120 Å². The summed E-state index contributed by atoms with van der Waals surface area (Å²) >= 11 is 0. The van der Waals surface area contributed by atoms with Gasteiger partial charge in [0.1, 0.15) is 0 Å². The maximum absolute atomic E-state index is 12.0. The molecule has 0 spiro atoms. The van der Waals surface area contributed by atoms with Crippen molar-refractivity contribution in [2.45, 2.75) is 18.6 Å². The third-order valence-corrected chi connectivity index (χ3v) is 4.58. The van der Waals surface area contributed by atoms with E-state index in [1.807, 2.05) is 6.07 Å². The molecule has 5 nitrogen and oxygen atoms in total. The number of benzene rings is 1. The van der Waals surface area contributed by atoms with Crippen molar-refractivity contribution in [3.05, 3.63) is 35.9 Å². The van der Waals surface area contributed by atoms with Crippen LogP contribution < -0.4 is 5.73 Å². The molecule has 0 saturated carbocycles. The molecule has 1 rings (SSSR count). The lowest BCUT2D eigenvalue weighted by atomic mass is 10.2. The van der Waals surface area contributed by atoms with Crippen LogP contribution in [0.15, 0.2) is 30.3 Å². The number of carbonyl (C=O) groups is 1. The van der Waals surface area contributed by atoms with Crippen LogP contribution in [0.4, 0.5) is 0 Å². The van der Waals surface area contributed by atoms with Crippen molar-refractivity contribution in [1.82, 2.24) is 4.90 Å². The van der Waals surface area contributed by atoms with Gasteiger partial charge in [-0.05, 0) is 18.5 Å². The molecule has 2 N–H and O–H groups in total. The highest BCUT2D eigenvalue weighted by atomic mass is 32.2. The highest BCUT2D eigenvalue weighted by Gasteiger charge is 2.16. The summed E-state index contributed by atoms with van der Waals surface area (Å²) in [5, 5.41) is 0. The Bertz CT molecular complexity index is 514. The quantitative estimate of drug-likeness (QED) is 0.770. The predicted molar refractivity (Wildman–Crippen MR) is 79.9 cm³/mol. The largest absolute Gasteiger partial charge is 0.346 e. The van der Waals surface area contributed by atoms with Crippen LogP contribution >= 0.6 is 0 Å². The standard InChI is InChI=1S/C14H22N2O3S/c1-16(10-5-9-15)14(17)8-11-20(18,19)12-13-6-3-2-4-7-13/h2-4,6-7H,5,8-12,15H2,1H3. The van der Waals surface area contributed by atoms with Gasteiger partial charge in [-0.1, -0.05) is 30.3 Å². The van der Waals surface area contributed by atoms with E-state index in [1.165, 1.54) is 4.90 Å². The molecule has 6 heteroatoms. The van der Waals surface area contributed by atoms with Crippen molar-refractivity contribution < 1.29 is 13.2 Å². The first-order valence-corrected chi connectivity index (χ1v) is 8.45. The van der Waals surface area contributed by atoms with Gasteiger partial charge >= 0.3 is 0 Å². The molecule has 0 heterocycles. The zero-order valence-corrected chi connectivity index (χ0v) is 12.6. The van der Waals surface area contributed by atoms with Crippen molar-refractivity contribution in [3.8, 4) is 0 Å². The van der Waals surface area contributed by atoms with Crippen LogP contribution in [-0.4, -0.2) is 45.1 Å². The second-order valence-electron chi connectivity index (χ2n) is 4.79. The Kier molecular flexibility index (Phi) is 6.67. The van der Waals surface area contributed by atoms with Crippen molar-refractivity contribution in [3.63, 3.8) is 0 Å². The van der Waals surface area contributed by atoms with Crippen LogP contribution in [0.1, 0.15) is 18.4 Å². The van der Waals surface area contributed by atoms with Gasteiger partial charge in [-0.25, -0.2) is 8.42 Å². The second-order valence-corrected chi connectivity index (χ2v) is 6.97. The number of nitrogens with two attached hydrogens (primary N) is 1. The van der Waals surface area contributed by atoms with Gasteiger partial charge in [-0.3, -0.25) is 4.79 Å². The Morgan fingerprint density at radius 3 is 2.50 bits per heavy atom. The van der Waals surface area contributed by atoms with Crippen LogP contribution in [-0.2, 0) is 20.4 Å². The zero-order valence-electron chi connectivity index (χ0n) is 11.8. The summed E-state index contributed by atoms with van der Waals surface area (Å²) in [6.07, 6.45) is 0.745. The van der Waals surface area contributed by atoms with Crippen LogP contribution in [0.2, 0.25) is 0 Å². The minimum Gasteiger partial charge on any atom is -0.346 e. The fourth-order valence-electron chi connectivity index (χ4n) is 1.79. The molecule has 0 radical (unpaired) electrons. The summed E-state index contributed by atoms with van der Waals surface area (Å²) in [6, 6.07) is 8.98. The molecule has 1 aromatic rings. The van der Waals surface area contributed by atoms with Gasteiger partial charge in [0.25, 0.3) is 0 Å². The summed E-state index contributed by atoms with van der Waals surface area (Å²) in [5.41, 5.74) is 6.12. The van der Waals surface area contributed by atoms with Crippen molar-refractivity contribution in [2.24, 2.45) is 5.73 Å². The van der Waals surface area contributed by atoms with Crippen molar-refractivity contribution in [2.75, 3.05) is 25.9 Å². The molecule has 0 atom stereocenters. The average Bonchev–Trinajstić information content (AvgIpc) is 2.42.